The number of rotatable bonds is 6. The minimum absolute atomic E-state index is 0.310. The molecule has 0 unspecified atom stereocenters. The molecule has 0 aliphatic heterocycles. The first-order chi connectivity index (χ1) is 13.4. The molecule has 28 heavy (non-hydrogen) atoms. The summed E-state index contributed by atoms with van der Waals surface area (Å²) in [6.07, 6.45) is 0. The summed E-state index contributed by atoms with van der Waals surface area (Å²) in [7, 11) is 0. The average molecular weight is 441 g/mol. The van der Waals surface area contributed by atoms with Crippen LogP contribution >= 0.6 is 15.9 Å². The highest BCUT2D eigenvalue weighted by molar-refractivity contribution is 9.10. The number of hydrogen-bond acceptors (Lipinski definition) is 4. The summed E-state index contributed by atoms with van der Waals surface area (Å²) >= 11 is 3.42. The van der Waals surface area contributed by atoms with E-state index in [2.05, 4.69) is 26.2 Å². The smallest absolute Gasteiger partial charge is 0.339 e. The Morgan fingerprint density at radius 2 is 1.82 bits per heavy atom. The molecule has 0 bridgehead atoms. The molecule has 1 aromatic heterocycles. The van der Waals surface area contributed by atoms with Gasteiger partial charge in [0.05, 0.1) is 16.8 Å². The van der Waals surface area contributed by atoms with Gasteiger partial charge in [0.15, 0.2) is 6.61 Å². The number of fused-ring (bicyclic) bond motifs is 1. The SMILES string of the molecule is CC(C)CNC(=O)COC(=O)c1cc(-c2ccc(Br)cc2)nc2ccccc12. The summed E-state index contributed by atoms with van der Waals surface area (Å²) in [4.78, 5) is 29.2. The van der Waals surface area contributed by atoms with Crippen molar-refractivity contribution >= 4 is 38.7 Å². The summed E-state index contributed by atoms with van der Waals surface area (Å²) in [5.41, 5.74) is 2.64. The fourth-order valence-electron chi connectivity index (χ4n) is 2.69. The molecule has 6 heteroatoms. The van der Waals surface area contributed by atoms with Gasteiger partial charge in [0.25, 0.3) is 5.91 Å². The van der Waals surface area contributed by atoms with Crippen LogP contribution in [0.1, 0.15) is 24.2 Å². The monoisotopic (exact) mass is 440 g/mol. The van der Waals surface area contributed by atoms with Gasteiger partial charge in [-0.1, -0.05) is 60.1 Å². The fourth-order valence-corrected chi connectivity index (χ4v) is 2.95. The highest BCUT2D eigenvalue weighted by Crippen LogP contribution is 2.26. The molecule has 0 spiro atoms. The van der Waals surface area contributed by atoms with Crippen molar-refractivity contribution in [3.63, 3.8) is 0 Å². The Bertz CT molecular complexity index is 1000. The predicted octanol–water partition coefficient (Wildman–Crippen LogP) is 4.59. The van der Waals surface area contributed by atoms with E-state index in [9.17, 15) is 9.59 Å². The zero-order chi connectivity index (χ0) is 20.1. The molecular formula is C22H21BrN2O3. The molecule has 144 valence electrons. The molecule has 1 heterocycles. The van der Waals surface area contributed by atoms with E-state index in [0.717, 1.165) is 10.0 Å². The quantitative estimate of drug-likeness (QED) is 0.568. The van der Waals surface area contributed by atoms with Gasteiger partial charge in [-0.3, -0.25) is 4.79 Å². The zero-order valence-electron chi connectivity index (χ0n) is 15.7. The van der Waals surface area contributed by atoms with Crippen LogP contribution in [0.3, 0.4) is 0 Å². The second kappa shape index (κ2) is 8.97. The van der Waals surface area contributed by atoms with E-state index in [-0.39, 0.29) is 12.5 Å². The topological polar surface area (TPSA) is 68.3 Å². The number of aromatic nitrogens is 1. The van der Waals surface area contributed by atoms with Gasteiger partial charge in [-0.2, -0.15) is 0 Å². The number of para-hydroxylation sites is 1. The van der Waals surface area contributed by atoms with Crippen molar-refractivity contribution in [1.29, 1.82) is 0 Å². The van der Waals surface area contributed by atoms with Crippen LogP contribution in [-0.2, 0) is 9.53 Å². The Labute approximate surface area is 172 Å². The van der Waals surface area contributed by atoms with Gasteiger partial charge in [0, 0.05) is 22.0 Å². The van der Waals surface area contributed by atoms with Crippen molar-refractivity contribution in [2.45, 2.75) is 13.8 Å². The third-order valence-electron chi connectivity index (χ3n) is 4.12. The minimum Gasteiger partial charge on any atom is -0.452 e. The van der Waals surface area contributed by atoms with Crippen LogP contribution in [0, 0.1) is 5.92 Å². The standard InChI is InChI=1S/C22H21BrN2O3/c1-14(2)12-24-21(26)13-28-22(27)18-11-20(15-7-9-16(23)10-8-15)25-19-6-4-3-5-17(18)19/h3-11,14H,12-13H2,1-2H3,(H,24,26). The van der Waals surface area contributed by atoms with Crippen molar-refractivity contribution in [2.75, 3.05) is 13.2 Å². The normalized spacial score (nSPS) is 10.9. The zero-order valence-corrected chi connectivity index (χ0v) is 17.3. The van der Waals surface area contributed by atoms with Crippen LogP contribution in [0.4, 0.5) is 0 Å². The van der Waals surface area contributed by atoms with E-state index in [0.29, 0.717) is 34.6 Å². The average Bonchev–Trinajstić information content (AvgIpc) is 2.70. The highest BCUT2D eigenvalue weighted by Gasteiger charge is 2.16. The van der Waals surface area contributed by atoms with Gasteiger partial charge in [-0.25, -0.2) is 9.78 Å². The number of carbonyl (C=O) groups excluding carboxylic acids is 2. The maximum atomic E-state index is 12.7. The van der Waals surface area contributed by atoms with Crippen LogP contribution in [0.5, 0.6) is 0 Å². The lowest BCUT2D eigenvalue weighted by atomic mass is 10.0. The number of nitrogens with zero attached hydrogens (tertiary/aromatic N) is 1. The molecule has 3 rings (SSSR count). The predicted molar refractivity (Wildman–Crippen MR) is 113 cm³/mol. The fraction of sp³-hybridized carbons (Fsp3) is 0.227. The molecule has 1 amide bonds. The second-order valence-corrected chi connectivity index (χ2v) is 7.77. The first-order valence-electron chi connectivity index (χ1n) is 9.03. The molecule has 0 fully saturated rings. The first-order valence-corrected chi connectivity index (χ1v) is 9.83. The lowest BCUT2D eigenvalue weighted by Gasteiger charge is -2.11. The first kappa shape index (κ1) is 20.0. The third kappa shape index (κ3) is 4.95. The van der Waals surface area contributed by atoms with E-state index in [4.69, 9.17) is 4.74 Å². The van der Waals surface area contributed by atoms with Crippen molar-refractivity contribution in [2.24, 2.45) is 5.92 Å². The van der Waals surface area contributed by atoms with Crippen LogP contribution in [0.25, 0.3) is 22.2 Å². The second-order valence-electron chi connectivity index (χ2n) is 6.85. The number of pyridine rings is 1. The van der Waals surface area contributed by atoms with Crippen molar-refractivity contribution in [3.05, 3.63) is 64.6 Å². The Kier molecular flexibility index (Phi) is 6.41. The van der Waals surface area contributed by atoms with Gasteiger partial charge in [0.1, 0.15) is 0 Å². The number of nitrogens with one attached hydrogen (secondary N) is 1. The number of amides is 1. The molecule has 3 aromatic rings. The molecule has 0 aliphatic rings. The lowest BCUT2D eigenvalue weighted by Crippen LogP contribution is -2.31. The van der Waals surface area contributed by atoms with Gasteiger partial charge in [0.2, 0.25) is 0 Å². The molecule has 5 nitrogen and oxygen atoms in total. The Morgan fingerprint density at radius 1 is 1.11 bits per heavy atom. The molecule has 1 N–H and O–H groups in total. The maximum Gasteiger partial charge on any atom is 0.339 e. The van der Waals surface area contributed by atoms with Crippen molar-refractivity contribution < 1.29 is 14.3 Å². The summed E-state index contributed by atoms with van der Waals surface area (Å²) in [5.74, 6) is -0.525. The Morgan fingerprint density at radius 3 is 2.54 bits per heavy atom. The molecule has 2 aromatic carbocycles. The van der Waals surface area contributed by atoms with E-state index < -0.39 is 5.97 Å². The third-order valence-corrected chi connectivity index (χ3v) is 4.65. The van der Waals surface area contributed by atoms with E-state index in [1.807, 2.05) is 62.4 Å². The van der Waals surface area contributed by atoms with Gasteiger partial charge >= 0.3 is 5.97 Å². The van der Waals surface area contributed by atoms with Crippen molar-refractivity contribution in [1.82, 2.24) is 10.3 Å². The van der Waals surface area contributed by atoms with Crippen LogP contribution in [0.15, 0.2) is 59.1 Å². The number of esters is 1. The van der Waals surface area contributed by atoms with E-state index in [1.54, 1.807) is 6.07 Å². The largest absolute Gasteiger partial charge is 0.452 e. The van der Waals surface area contributed by atoms with Crippen molar-refractivity contribution in [3.8, 4) is 11.3 Å². The molecule has 0 saturated carbocycles. The minimum atomic E-state index is -0.545. The summed E-state index contributed by atoms with van der Waals surface area (Å²) < 4.78 is 6.22. The van der Waals surface area contributed by atoms with Crippen LogP contribution in [0.2, 0.25) is 0 Å². The molecular weight excluding hydrogens is 420 g/mol. The maximum absolute atomic E-state index is 12.7. The van der Waals surface area contributed by atoms with E-state index >= 15 is 0 Å². The van der Waals surface area contributed by atoms with E-state index in [1.165, 1.54) is 0 Å². The summed E-state index contributed by atoms with van der Waals surface area (Å²) in [6.45, 7) is 4.23. The van der Waals surface area contributed by atoms with Gasteiger partial charge in [-0.15, -0.1) is 0 Å². The van der Waals surface area contributed by atoms with Crippen LogP contribution in [-0.4, -0.2) is 30.0 Å². The Balaban J connectivity index is 1.87. The molecule has 0 saturated heterocycles. The number of ether oxygens (including phenoxy) is 1. The lowest BCUT2D eigenvalue weighted by molar-refractivity contribution is -0.124. The summed E-state index contributed by atoms with van der Waals surface area (Å²) in [6, 6.07) is 16.8. The Hall–Kier alpha value is -2.73. The van der Waals surface area contributed by atoms with Gasteiger partial charge in [-0.05, 0) is 30.2 Å². The number of benzene rings is 2. The number of carbonyl (C=O) groups is 2. The molecule has 0 radical (unpaired) electrons. The van der Waals surface area contributed by atoms with Crippen LogP contribution < -0.4 is 5.32 Å². The molecule has 0 atom stereocenters. The molecule has 0 aliphatic carbocycles. The number of halogens is 1. The summed E-state index contributed by atoms with van der Waals surface area (Å²) in [5, 5.41) is 3.43. The highest BCUT2D eigenvalue weighted by atomic mass is 79.9. The van der Waals surface area contributed by atoms with Gasteiger partial charge < -0.3 is 10.1 Å². The number of hydrogen-bond donors (Lipinski definition) is 1.